The number of aryl methyl sites for hydroxylation is 1. The Labute approximate surface area is 162 Å². The molecule has 4 nitrogen and oxygen atoms in total. The molecular formula is C23H32N2O2. The summed E-state index contributed by atoms with van der Waals surface area (Å²) in [6.07, 6.45) is 4.89. The van der Waals surface area contributed by atoms with Gasteiger partial charge in [-0.05, 0) is 57.9 Å². The van der Waals surface area contributed by atoms with Crippen LogP contribution in [0, 0.1) is 26.7 Å². The highest BCUT2D eigenvalue weighted by Gasteiger charge is 2.24. The molecule has 1 aliphatic rings. The molecule has 27 heavy (non-hydrogen) atoms. The Kier molecular flexibility index (Phi) is 6.05. The van der Waals surface area contributed by atoms with Gasteiger partial charge in [0.25, 0.3) is 0 Å². The van der Waals surface area contributed by atoms with Crippen LogP contribution < -0.4 is 5.32 Å². The zero-order valence-corrected chi connectivity index (χ0v) is 17.0. The summed E-state index contributed by atoms with van der Waals surface area (Å²) in [5.74, 6) is -0.00970. The van der Waals surface area contributed by atoms with Crippen LogP contribution in [0.4, 0.5) is 0 Å². The third-order valence-electron chi connectivity index (χ3n) is 6.17. The molecule has 0 atom stereocenters. The number of aromatic carboxylic acids is 1. The summed E-state index contributed by atoms with van der Waals surface area (Å²) in [6, 6.07) is 8.95. The standard InChI is InChI=1S/C23H32N2O2/c1-15-5-9-19(10-6-15)14-25-17(3)21(22(18(25)4)23(26)27)13-24-20-11-7-16(2)8-12-20/h5-6,9-10,16,20,24H,7-8,11-14H2,1-4H3,(H,26,27). The van der Waals surface area contributed by atoms with E-state index in [9.17, 15) is 9.90 Å². The molecule has 1 aromatic carbocycles. The molecule has 1 heterocycles. The van der Waals surface area contributed by atoms with Gasteiger partial charge in [-0.3, -0.25) is 0 Å². The quantitative estimate of drug-likeness (QED) is 0.768. The lowest BCUT2D eigenvalue weighted by Crippen LogP contribution is -2.32. The maximum Gasteiger partial charge on any atom is 0.337 e. The number of benzene rings is 1. The molecule has 0 unspecified atom stereocenters. The summed E-state index contributed by atoms with van der Waals surface area (Å²) >= 11 is 0. The van der Waals surface area contributed by atoms with Crippen LogP contribution in [-0.2, 0) is 13.1 Å². The first-order valence-corrected chi connectivity index (χ1v) is 10.1. The maximum absolute atomic E-state index is 12.0. The summed E-state index contributed by atoms with van der Waals surface area (Å²) in [4.78, 5) is 12.0. The van der Waals surface area contributed by atoms with Crippen LogP contribution in [0.1, 0.15) is 71.0 Å². The minimum absolute atomic E-state index is 0.469. The van der Waals surface area contributed by atoms with E-state index in [1.807, 2.05) is 13.8 Å². The van der Waals surface area contributed by atoms with Gasteiger partial charge >= 0.3 is 5.97 Å². The average molecular weight is 369 g/mol. The fourth-order valence-electron chi connectivity index (χ4n) is 4.27. The Hall–Kier alpha value is -2.07. The Morgan fingerprint density at radius 1 is 1.07 bits per heavy atom. The Balaban J connectivity index is 1.82. The second-order valence-electron chi connectivity index (χ2n) is 8.24. The van der Waals surface area contributed by atoms with Crippen LogP contribution in [0.3, 0.4) is 0 Å². The minimum Gasteiger partial charge on any atom is -0.478 e. The summed E-state index contributed by atoms with van der Waals surface area (Å²) in [5, 5.41) is 13.4. The third kappa shape index (κ3) is 4.44. The number of hydrogen-bond acceptors (Lipinski definition) is 2. The molecule has 1 fully saturated rings. The second-order valence-corrected chi connectivity index (χ2v) is 8.24. The maximum atomic E-state index is 12.0. The van der Waals surface area contributed by atoms with E-state index in [2.05, 4.69) is 48.0 Å². The van der Waals surface area contributed by atoms with E-state index in [1.54, 1.807) is 0 Å². The predicted molar refractivity (Wildman–Crippen MR) is 109 cm³/mol. The lowest BCUT2D eigenvalue weighted by molar-refractivity contribution is 0.0694. The number of hydrogen-bond donors (Lipinski definition) is 2. The first kappa shape index (κ1) is 19.7. The first-order valence-electron chi connectivity index (χ1n) is 10.1. The lowest BCUT2D eigenvalue weighted by Gasteiger charge is -2.27. The van der Waals surface area contributed by atoms with Gasteiger partial charge in [0.15, 0.2) is 0 Å². The summed E-state index contributed by atoms with van der Waals surface area (Å²) in [6.45, 7) is 9.71. The fraction of sp³-hybridized carbons (Fsp3) is 0.522. The van der Waals surface area contributed by atoms with E-state index in [4.69, 9.17) is 0 Å². The number of carbonyl (C=O) groups is 1. The van der Waals surface area contributed by atoms with E-state index in [1.165, 1.54) is 36.8 Å². The summed E-state index contributed by atoms with van der Waals surface area (Å²) < 4.78 is 2.15. The van der Waals surface area contributed by atoms with Crippen molar-refractivity contribution in [3.63, 3.8) is 0 Å². The van der Waals surface area contributed by atoms with Crippen molar-refractivity contribution >= 4 is 5.97 Å². The lowest BCUT2D eigenvalue weighted by atomic mass is 9.87. The Morgan fingerprint density at radius 2 is 1.70 bits per heavy atom. The number of carboxylic acids is 1. The average Bonchev–Trinajstić information content (AvgIpc) is 2.87. The van der Waals surface area contributed by atoms with Crippen LogP contribution in [0.15, 0.2) is 24.3 Å². The molecule has 146 valence electrons. The van der Waals surface area contributed by atoms with Crippen molar-refractivity contribution in [2.24, 2.45) is 5.92 Å². The topological polar surface area (TPSA) is 54.3 Å². The van der Waals surface area contributed by atoms with E-state index in [0.29, 0.717) is 24.7 Å². The van der Waals surface area contributed by atoms with Crippen molar-refractivity contribution in [1.29, 1.82) is 0 Å². The molecule has 1 aliphatic carbocycles. The molecule has 2 aromatic rings. The molecule has 4 heteroatoms. The van der Waals surface area contributed by atoms with E-state index >= 15 is 0 Å². The molecule has 0 saturated heterocycles. The molecule has 3 rings (SSSR count). The molecule has 0 amide bonds. The van der Waals surface area contributed by atoms with Gasteiger partial charge < -0.3 is 15.0 Å². The number of nitrogens with zero attached hydrogens (tertiary/aromatic N) is 1. The molecule has 2 N–H and O–H groups in total. The molecule has 0 bridgehead atoms. The third-order valence-corrected chi connectivity index (χ3v) is 6.17. The number of carboxylic acid groups (broad SMARTS) is 1. The fourth-order valence-corrected chi connectivity index (χ4v) is 4.27. The van der Waals surface area contributed by atoms with E-state index in [0.717, 1.165) is 22.9 Å². The van der Waals surface area contributed by atoms with Gasteiger partial charge in [0.1, 0.15) is 0 Å². The van der Waals surface area contributed by atoms with Crippen LogP contribution in [0.25, 0.3) is 0 Å². The predicted octanol–water partition coefficient (Wildman–Crippen LogP) is 4.83. The van der Waals surface area contributed by atoms with Gasteiger partial charge in [-0.1, -0.05) is 36.8 Å². The summed E-state index contributed by atoms with van der Waals surface area (Å²) in [7, 11) is 0. The van der Waals surface area contributed by atoms with Crippen LogP contribution in [0.5, 0.6) is 0 Å². The number of rotatable bonds is 6. The van der Waals surface area contributed by atoms with Crippen LogP contribution in [-0.4, -0.2) is 21.7 Å². The van der Waals surface area contributed by atoms with Gasteiger partial charge in [-0.25, -0.2) is 4.79 Å². The van der Waals surface area contributed by atoms with Crippen molar-refractivity contribution in [2.75, 3.05) is 0 Å². The minimum atomic E-state index is -0.827. The zero-order chi connectivity index (χ0) is 19.6. The van der Waals surface area contributed by atoms with Crippen molar-refractivity contribution in [3.8, 4) is 0 Å². The van der Waals surface area contributed by atoms with Gasteiger partial charge in [0.05, 0.1) is 5.56 Å². The van der Waals surface area contributed by atoms with E-state index in [-0.39, 0.29) is 0 Å². The van der Waals surface area contributed by atoms with Gasteiger partial charge in [-0.2, -0.15) is 0 Å². The zero-order valence-electron chi connectivity index (χ0n) is 17.0. The molecule has 0 aliphatic heterocycles. The Morgan fingerprint density at radius 3 is 2.30 bits per heavy atom. The van der Waals surface area contributed by atoms with Crippen molar-refractivity contribution < 1.29 is 9.90 Å². The summed E-state index contributed by atoms with van der Waals surface area (Å²) in [5.41, 5.74) is 5.73. The molecule has 0 radical (unpaired) electrons. The van der Waals surface area contributed by atoms with E-state index < -0.39 is 5.97 Å². The van der Waals surface area contributed by atoms with Crippen LogP contribution >= 0.6 is 0 Å². The first-order chi connectivity index (χ1) is 12.9. The van der Waals surface area contributed by atoms with Crippen molar-refractivity contribution in [1.82, 2.24) is 9.88 Å². The van der Waals surface area contributed by atoms with Crippen molar-refractivity contribution in [3.05, 3.63) is 57.9 Å². The highest BCUT2D eigenvalue weighted by molar-refractivity contribution is 5.91. The Bertz CT molecular complexity index is 797. The van der Waals surface area contributed by atoms with Gasteiger partial charge in [-0.15, -0.1) is 0 Å². The highest BCUT2D eigenvalue weighted by atomic mass is 16.4. The smallest absolute Gasteiger partial charge is 0.337 e. The normalized spacial score (nSPS) is 20.0. The highest BCUT2D eigenvalue weighted by Crippen LogP contribution is 2.27. The number of nitrogens with one attached hydrogen (secondary N) is 1. The molecule has 0 spiro atoms. The van der Waals surface area contributed by atoms with Crippen LogP contribution in [0.2, 0.25) is 0 Å². The van der Waals surface area contributed by atoms with Gasteiger partial charge in [0, 0.05) is 36.1 Å². The number of aromatic nitrogens is 1. The molecule has 1 aromatic heterocycles. The molecular weight excluding hydrogens is 336 g/mol. The largest absolute Gasteiger partial charge is 0.478 e. The second kappa shape index (κ2) is 8.30. The van der Waals surface area contributed by atoms with Gasteiger partial charge in [0.2, 0.25) is 0 Å². The van der Waals surface area contributed by atoms with Crippen molar-refractivity contribution in [2.45, 2.75) is 72.5 Å². The SMILES string of the molecule is Cc1ccc(Cn2c(C)c(CNC3CCC(C)CC3)c(C(=O)O)c2C)cc1. The monoisotopic (exact) mass is 368 g/mol. The molecule has 1 saturated carbocycles.